The van der Waals surface area contributed by atoms with E-state index in [0.29, 0.717) is 5.82 Å². The third-order valence-corrected chi connectivity index (χ3v) is 1.29. The van der Waals surface area contributed by atoms with Crippen LogP contribution in [-0.4, -0.2) is 17.6 Å². The Labute approximate surface area is 62.4 Å². The molecule has 1 heterocycles. The summed E-state index contributed by atoms with van der Waals surface area (Å²) >= 11 is 5.13. The van der Waals surface area contributed by atoms with Crippen LogP contribution in [0.15, 0.2) is 16.9 Å². The van der Waals surface area contributed by atoms with Crippen molar-refractivity contribution in [1.82, 2.24) is 5.16 Å². The molecule has 0 aliphatic heterocycles. The van der Waals surface area contributed by atoms with Crippen molar-refractivity contribution in [3.63, 3.8) is 0 Å². The molecule has 0 spiro atoms. The quantitative estimate of drug-likeness (QED) is 0.462. The highest BCUT2D eigenvalue weighted by molar-refractivity contribution is 6.66. The van der Waals surface area contributed by atoms with E-state index in [4.69, 9.17) is 11.6 Å². The number of halogens is 1. The van der Waals surface area contributed by atoms with E-state index in [1.807, 2.05) is 0 Å². The number of hydrogen-bond acceptors (Lipinski definition) is 3. The molecule has 5 heteroatoms. The third-order valence-electron chi connectivity index (χ3n) is 1.03. The van der Waals surface area contributed by atoms with Gasteiger partial charge in [0.25, 0.3) is 0 Å². The van der Waals surface area contributed by atoms with Gasteiger partial charge in [0.15, 0.2) is 5.82 Å². The van der Waals surface area contributed by atoms with E-state index in [1.54, 1.807) is 6.07 Å². The Bertz CT molecular complexity index is 222. The molecule has 1 aromatic rings. The van der Waals surface area contributed by atoms with Crippen molar-refractivity contribution in [2.45, 2.75) is 0 Å². The van der Waals surface area contributed by atoms with Gasteiger partial charge in [0.05, 0.1) is 0 Å². The average Bonchev–Trinajstić information content (AvgIpc) is 2.36. The van der Waals surface area contributed by atoms with Crippen LogP contribution in [0.5, 0.6) is 0 Å². The Balaban J connectivity index is 2.77. The number of carbonyl (C=O) groups is 1. The molecule has 0 aliphatic carbocycles. The number of anilines is 1. The van der Waals surface area contributed by atoms with Crippen molar-refractivity contribution in [3.05, 3.63) is 12.3 Å². The maximum absolute atomic E-state index is 10.5. The molecule has 0 fully saturated rings. The molecule has 0 saturated heterocycles. The Hall–Kier alpha value is -1.03. The highest BCUT2D eigenvalue weighted by Gasteiger charge is 2.08. The lowest BCUT2D eigenvalue weighted by molar-refractivity contribution is 0.264. The van der Waals surface area contributed by atoms with Crippen molar-refractivity contribution in [2.75, 3.05) is 11.9 Å². The van der Waals surface area contributed by atoms with Crippen LogP contribution in [0.2, 0.25) is 0 Å². The monoisotopic (exact) mass is 160 g/mol. The van der Waals surface area contributed by atoms with Crippen LogP contribution in [0.4, 0.5) is 10.6 Å². The van der Waals surface area contributed by atoms with E-state index in [9.17, 15) is 4.79 Å². The van der Waals surface area contributed by atoms with Gasteiger partial charge in [-0.15, -0.1) is 0 Å². The van der Waals surface area contributed by atoms with Gasteiger partial charge in [0.1, 0.15) is 6.26 Å². The molecule has 0 aliphatic rings. The second-order valence-electron chi connectivity index (χ2n) is 1.67. The van der Waals surface area contributed by atoms with Crippen LogP contribution in [0.1, 0.15) is 0 Å². The zero-order valence-electron chi connectivity index (χ0n) is 5.24. The summed E-state index contributed by atoms with van der Waals surface area (Å²) in [7, 11) is 1.51. The zero-order valence-corrected chi connectivity index (χ0v) is 6.00. The van der Waals surface area contributed by atoms with Crippen molar-refractivity contribution < 1.29 is 9.32 Å². The van der Waals surface area contributed by atoms with Crippen molar-refractivity contribution in [3.8, 4) is 0 Å². The number of aromatic nitrogens is 1. The Morgan fingerprint density at radius 1 is 1.90 bits per heavy atom. The summed E-state index contributed by atoms with van der Waals surface area (Å²) in [5.41, 5.74) is 0. The Morgan fingerprint density at radius 3 is 3.00 bits per heavy atom. The summed E-state index contributed by atoms with van der Waals surface area (Å²) < 4.78 is 4.48. The van der Waals surface area contributed by atoms with Gasteiger partial charge in [-0.05, 0) is 11.6 Å². The lowest BCUT2D eigenvalue weighted by Crippen LogP contribution is -2.19. The van der Waals surface area contributed by atoms with Crippen molar-refractivity contribution >= 4 is 22.8 Å². The summed E-state index contributed by atoms with van der Waals surface area (Å²) in [6.07, 6.45) is 1.37. The van der Waals surface area contributed by atoms with Crippen LogP contribution < -0.4 is 4.90 Å². The first-order valence-electron chi connectivity index (χ1n) is 2.55. The molecule has 54 valence electrons. The molecule has 0 N–H and O–H groups in total. The Morgan fingerprint density at radius 2 is 2.60 bits per heavy atom. The van der Waals surface area contributed by atoms with Gasteiger partial charge in [-0.3, -0.25) is 9.69 Å². The molecule has 0 bridgehead atoms. The predicted octanol–water partition coefficient (Wildman–Crippen LogP) is 1.47. The van der Waals surface area contributed by atoms with E-state index in [0.717, 1.165) is 0 Å². The largest absolute Gasteiger partial charge is 0.363 e. The third kappa shape index (κ3) is 1.27. The van der Waals surface area contributed by atoms with Crippen LogP contribution >= 0.6 is 11.6 Å². The molecule has 0 aromatic carbocycles. The number of carbonyl (C=O) groups excluding carboxylic acids is 1. The van der Waals surface area contributed by atoms with E-state index < -0.39 is 5.37 Å². The van der Waals surface area contributed by atoms with Crippen molar-refractivity contribution in [1.29, 1.82) is 0 Å². The van der Waals surface area contributed by atoms with Gasteiger partial charge in [-0.1, -0.05) is 5.16 Å². The fourth-order valence-corrected chi connectivity index (χ4v) is 0.556. The molecular formula is C5H5ClN2O2. The molecule has 10 heavy (non-hydrogen) atoms. The summed E-state index contributed by atoms with van der Waals surface area (Å²) in [4.78, 5) is 11.6. The second kappa shape index (κ2) is 2.70. The molecule has 1 aromatic heterocycles. The Kier molecular flexibility index (Phi) is 1.91. The van der Waals surface area contributed by atoms with Crippen LogP contribution in [0.3, 0.4) is 0 Å². The fourth-order valence-electron chi connectivity index (χ4n) is 0.469. The molecule has 0 unspecified atom stereocenters. The summed E-state index contributed by atoms with van der Waals surface area (Å²) in [6.45, 7) is 0. The minimum atomic E-state index is -0.589. The lowest BCUT2D eigenvalue weighted by Gasteiger charge is -2.06. The fraction of sp³-hybridized carbons (Fsp3) is 0.200. The van der Waals surface area contributed by atoms with Gasteiger partial charge in [0.2, 0.25) is 0 Å². The lowest BCUT2D eigenvalue weighted by atomic mass is 10.6. The first-order chi connectivity index (χ1) is 4.72. The average molecular weight is 161 g/mol. The summed E-state index contributed by atoms with van der Waals surface area (Å²) in [5.74, 6) is 0.403. The maximum Gasteiger partial charge on any atom is 0.321 e. The molecule has 0 atom stereocenters. The SMILES string of the molecule is CN(C(=O)Cl)c1ccon1. The molecular weight excluding hydrogens is 156 g/mol. The maximum atomic E-state index is 10.5. The summed E-state index contributed by atoms with van der Waals surface area (Å²) in [5, 5.41) is 2.89. The minimum absolute atomic E-state index is 0.403. The number of hydrogen-bond donors (Lipinski definition) is 0. The van der Waals surface area contributed by atoms with Crippen molar-refractivity contribution in [2.24, 2.45) is 0 Å². The van der Waals surface area contributed by atoms with Crippen LogP contribution in [0, 0.1) is 0 Å². The molecule has 4 nitrogen and oxygen atoms in total. The van der Waals surface area contributed by atoms with Gasteiger partial charge in [-0.25, -0.2) is 0 Å². The molecule has 0 saturated carbocycles. The van der Waals surface area contributed by atoms with E-state index in [-0.39, 0.29) is 0 Å². The second-order valence-corrected chi connectivity index (χ2v) is 1.99. The van der Waals surface area contributed by atoms with Gasteiger partial charge in [0, 0.05) is 13.1 Å². The predicted molar refractivity (Wildman–Crippen MR) is 36.2 cm³/mol. The van der Waals surface area contributed by atoms with Crippen LogP contribution in [-0.2, 0) is 0 Å². The van der Waals surface area contributed by atoms with Crippen LogP contribution in [0.25, 0.3) is 0 Å². The van der Waals surface area contributed by atoms with Gasteiger partial charge < -0.3 is 4.52 Å². The molecule has 0 radical (unpaired) electrons. The molecule has 1 amide bonds. The first kappa shape index (κ1) is 7.08. The summed E-state index contributed by atoms with van der Waals surface area (Å²) in [6, 6.07) is 1.54. The standard InChI is InChI=1S/C5H5ClN2O2/c1-8(5(6)9)4-2-3-10-7-4/h2-3H,1H3. The van der Waals surface area contributed by atoms with E-state index in [2.05, 4.69) is 9.68 Å². The number of nitrogens with zero attached hydrogens (tertiary/aromatic N) is 2. The zero-order chi connectivity index (χ0) is 7.56. The smallest absolute Gasteiger partial charge is 0.321 e. The first-order valence-corrected chi connectivity index (χ1v) is 2.93. The van der Waals surface area contributed by atoms with Gasteiger partial charge in [-0.2, -0.15) is 0 Å². The highest BCUT2D eigenvalue weighted by atomic mass is 35.5. The van der Waals surface area contributed by atoms with Gasteiger partial charge >= 0.3 is 5.37 Å². The highest BCUT2D eigenvalue weighted by Crippen LogP contribution is 2.09. The molecule has 1 rings (SSSR count). The number of rotatable bonds is 1. The van der Waals surface area contributed by atoms with E-state index in [1.165, 1.54) is 18.2 Å². The van der Waals surface area contributed by atoms with E-state index >= 15 is 0 Å². The number of amides is 1. The topological polar surface area (TPSA) is 46.3 Å². The minimum Gasteiger partial charge on any atom is -0.363 e. The normalized spacial score (nSPS) is 9.40.